The maximum Gasteiger partial charge on any atom is 0.144 e. The lowest BCUT2D eigenvalue weighted by atomic mass is 10.1. The van der Waals surface area contributed by atoms with Gasteiger partial charge in [0.15, 0.2) is 0 Å². The van der Waals surface area contributed by atoms with Crippen molar-refractivity contribution in [1.82, 2.24) is 24.7 Å². The van der Waals surface area contributed by atoms with Crippen molar-refractivity contribution in [3.8, 4) is 0 Å². The van der Waals surface area contributed by atoms with Gasteiger partial charge >= 0.3 is 0 Å². The average Bonchev–Trinajstić information content (AvgIpc) is 3.15. The van der Waals surface area contributed by atoms with Gasteiger partial charge in [0.1, 0.15) is 11.6 Å². The molecule has 0 unspecified atom stereocenters. The summed E-state index contributed by atoms with van der Waals surface area (Å²) in [5.41, 5.74) is 4.51. The Morgan fingerprint density at radius 3 is 2.93 bits per heavy atom. The van der Waals surface area contributed by atoms with Gasteiger partial charge in [-0.1, -0.05) is 18.2 Å². The van der Waals surface area contributed by atoms with Gasteiger partial charge in [0.2, 0.25) is 0 Å². The number of benzene rings is 1. The standard InChI is InChI=1S/C21H21N7/c1-15-10-21(25-19-5-3-2-4-18(15)19)27-8-9-28-17(14-27)11-16(26-28)12-24-20-13-22-6-7-23-20/h2-7,10-11,13H,8-9,12,14H2,1H3,(H,23,24). The lowest BCUT2D eigenvalue weighted by Crippen LogP contribution is -2.34. The molecule has 4 aromatic rings. The summed E-state index contributed by atoms with van der Waals surface area (Å²) in [5, 5.41) is 9.20. The molecule has 1 N–H and O–H groups in total. The van der Waals surface area contributed by atoms with E-state index in [2.05, 4.69) is 62.1 Å². The molecule has 1 aliphatic heterocycles. The van der Waals surface area contributed by atoms with Gasteiger partial charge in [-0.05, 0) is 30.7 Å². The minimum atomic E-state index is 0.631. The van der Waals surface area contributed by atoms with Crippen molar-refractivity contribution in [3.05, 3.63) is 71.9 Å². The zero-order valence-electron chi connectivity index (χ0n) is 15.7. The van der Waals surface area contributed by atoms with Crippen molar-refractivity contribution in [3.63, 3.8) is 0 Å². The number of hydrogen-bond acceptors (Lipinski definition) is 6. The molecule has 7 nitrogen and oxygen atoms in total. The topological polar surface area (TPSA) is 71.8 Å². The summed E-state index contributed by atoms with van der Waals surface area (Å²) in [5.74, 6) is 1.79. The molecule has 0 saturated heterocycles. The van der Waals surface area contributed by atoms with E-state index in [9.17, 15) is 0 Å². The number of nitrogens with zero attached hydrogens (tertiary/aromatic N) is 6. The molecule has 140 valence electrons. The van der Waals surface area contributed by atoms with Crippen LogP contribution in [0.5, 0.6) is 0 Å². The molecule has 28 heavy (non-hydrogen) atoms. The van der Waals surface area contributed by atoms with E-state index in [-0.39, 0.29) is 0 Å². The van der Waals surface area contributed by atoms with E-state index in [0.717, 1.165) is 42.5 Å². The lowest BCUT2D eigenvalue weighted by Gasteiger charge is -2.29. The lowest BCUT2D eigenvalue weighted by molar-refractivity contribution is 0.514. The molecule has 0 aliphatic carbocycles. The second kappa shape index (κ2) is 6.92. The maximum absolute atomic E-state index is 4.88. The first-order valence-electron chi connectivity index (χ1n) is 9.43. The van der Waals surface area contributed by atoms with Crippen LogP contribution < -0.4 is 10.2 Å². The van der Waals surface area contributed by atoms with Gasteiger partial charge in [-0.25, -0.2) is 9.97 Å². The van der Waals surface area contributed by atoms with Gasteiger partial charge in [0.25, 0.3) is 0 Å². The largest absolute Gasteiger partial charge is 0.363 e. The van der Waals surface area contributed by atoms with E-state index < -0.39 is 0 Å². The summed E-state index contributed by atoms with van der Waals surface area (Å²) >= 11 is 0. The van der Waals surface area contributed by atoms with Crippen LogP contribution >= 0.6 is 0 Å². The normalized spacial score (nSPS) is 13.5. The molecule has 3 aromatic heterocycles. The minimum absolute atomic E-state index is 0.631. The number of rotatable bonds is 4. The van der Waals surface area contributed by atoms with Gasteiger partial charge < -0.3 is 10.2 Å². The molecule has 5 rings (SSSR count). The zero-order valence-corrected chi connectivity index (χ0v) is 15.7. The van der Waals surface area contributed by atoms with Crippen LogP contribution in [-0.2, 0) is 19.6 Å². The summed E-state index contributed by atoms with van der Waals surface area (Å²) in [4.78, 5) is 15.5. The molecule has 7 heteroatoms. The number of aryl methyl sites for hydroxylation is 1. The first kappa shape index (κ1) is 16.7. The monoisotopic (exact) mass is 371 g/mol. The summed E-state index contributed by atoms with van der Waals surface area (Å²) in [7, 11) is 0. The third kappa shape index (κ3) is 3.15. The second-order valence-electron chi connectivity index (χ2n) is 7.03. The Labute approximate surface area is 163 Å². The summed E-state index contributed by atoms with van der Waals surface area (Å²) in [6.45, 7) is 5.34. The average molecular weight is 371 g/mol. The number of pyridine rings is 1. The molecular formula is C21H21N7. The predicted octanol–water partition coefficient (Wildman–Crippen LogP) is 3.16. The Morgan fingerprint density at radius 2 is 2.04 bits per heavy atom. The van der Waals surface area contributed by atoms with E-state index >= 15 is 0 Å². The molecular weight excluding hydrogens is 350 g/mol. The number of aromatic nitrogens is 5. The number of hydrogen-bond donors (Lipinski definition) is 1. The number of para-hydroxylation sites is 1. The molecule has 0 saturated carbocycles. The minimum Gasteiger partial charge on any atom is -0.363 e. The van der Waals surface area contributed by atoms with E-state index in [0.29, 0.717) is 6.54 Å². The van der Waals surface area contributed by atoms with Crippen LogP contribution in [0.25, 0.3) is 10.9 Å². The molecule has 1 aliphatic rings. The highest BCUT2D eigenvalue weighted by molar-refractivity contribution is 5.83. The summed E-state index contributed by atoms with van der Waals surface area (Å²) in [6.07, 6.45) is 5.06. The highest BCUT2D eigenvalue weighted by atomic mass is 15.4. The van der Waals surface area contributed by atoms with Crippen LogP contribution in [-0.4, -0.2) is 31.3 Å². The van der Waals surface area contributed by atoms with Gasteiger partial charge in [-0.15, -0.1) is 0 Å². The molecule has 4 heterocycles. The Morgan fingerprint density at radius 1 is 1.11 bits per heavy atom. The fourth-order valence-corrected chi connectivity index (χ4v) is 3.67. The van der Waals surface area contributed by atoms with Crippen LogP contribution in [0.4, 0.5) is 11.6 Å². The molecule has 1 aromatic carbocycles. The van der Waals surface area contributed by atoms with Gasteiger partial charge in [0, 0.05) is 24.3 Å². The van der Waals surface area contributed by atoms with Crippen molar-refractivity contribution in [2.45, 2.75) is 26.6 Å². The molecule has 0 atom stereocenters. The number of anilines is 2. The molecule has 0 fully saturated rings. The summed E-state index contributed by atoms with van der Waals surface area (Å²) in [6, 6.07) is 12.7. The second-order valence-corrected chi connectivity index (χ2v) is 7.03. The van der Waals surface area contributed by atoms with E-state index in [4.69, 9.17) is 10.1 Å². The van der Waals surface area contributed by atoms with Crippen molar-refractivity contribution >= 4 is 22.5 Å². The number of nitrogens with one attached hydrogen (secondary N) is 1. The highest BCUT2D eigenvalue weighted by Gasteiger charge is 2.20. The van der Waals surface area contributed by atoms with Crippen LogP contribution in [0, 0.1) is 6.92 Å². The Hall–Kier alpha value is -3.48. The van der Waals surface area contributed by atoms with Crippen LogP contribution in [0.1, 0.15) is 17.0 Å². The Bertz CT molecular complexity index is 1120. The van der Waals surface area contributed by atoms with Crippen LogP contribution in [0.3, 0.4) is 0 Å². The molecule has 0 amide bonds. The van der Waals surface area contributed by atoms with Crippen LogP contribution in [0.2, 0.25) is 0 Å². The highest BCUT2D eigenvalue weighted by Crippen LogP contribution is 2.25. The predicted molar refractivity (Wildman–Crippen MR) is 109 cm³/mol. The van der Waals surface area contributed by atoms with Gasteiger partial charge in [0.05, 0.1) is 42.7 Å². The maximum atomic E-state index is 4.88. The van der Waals surface area contributed by atoms with Crippen molar-refractivity contribution < 1.29 is 0 Å². The fourth-order valence-electron chi connectivity index (χ4n) is 3.67. The van der Waals surface area contributed by atoms with E-state index in [1.54, 1.807) is 18.6 Å². The van der Waals surface area contributed by atoms with E-state index in [1.165, 1.54) is 16.6 Å². The van der Waals surface area contributed by atoms with Crippen molar-refractivity contribution in [2.24, 2.45) is 0 Å². The third-order valence-corrected chi connectivity index (χ3v) is 5.10. The quantitative estimate of drug-likeness (QED) is 0.594. The smallest absolute Gasteiger partial charge is 0.144 e. The molecule has 0 radical (unpaired) electrons. The SMILES string of the molecule is Cc1cc(N2CCn3nc(CNc4cnccn4)cc3C2)nc2ccccc12. The Balaban J connectivity index is 1.35. The first-order chi connectivity index (χ1) is 13.8. The fraction of sp³-hybridized carbons (Fsp3) is 0.238. The van der Waals surface area contributed by atoms with Gasteiger partial charge in [-0.3, -0.25) is 9.67 Å². The molecule has 0 spiro atoms. The molecule has 0 bridgehead atoms. The third-order valence-electron chi connectivity index (χ3n) is 5.10. The Kier molecular flexibility index (Phi) is 4.12. The zero-order chi connectivity index (χ0) is 18.9. The summed E-state index contributed by atoms with van der Waals surface area (Å²) < 4.78 is 2.10. The van der Waals surface area contributed by atoms with Gasteiger partial charge in [-0.2, -0.15) is 5.10 Å². The first-order valence-corrected chi connectivity index (χ1v) is 9.43. The number of fused-ring (bicyclic) bond motifs is 2. The van der Waals surface area contributed by atoms with Crippen molar-refractivity contribution in [1.29, 1.82) is 0 Å². The van der Waals surface area contributed by atoms with Crippen molar-refractivity contribution in [2.75, 3.05) is 16.8 Å². The van der Waals surface area contributed by atoms with E-state index in [1.807, 2.05) is 6.07 Å². The van der Waals surface area contributed by atoms with Crippen LogP contribution in [0.15, 0.2) is 55.0 Å².